The minimum absolute atomic E-state index is 0.262. The molecule has 4 rings (SSSR count). The second-order valence-electron chi connectivity index (χ2n) is 8.81. The van der Waals surface area contributed by atoms with E-state index in [0.29, 0.717) is 17.8 Å². The van der Waals surface area contributed by atoms with Gasteiger partial charge in [-0.05, 0) is 51.4 Å². The summed E-state index contributed by atoms with van der Waals surface area (Å²) in [5, 5.41) is 9.99. The zero-order valence-electron chi connectivity index (χ0n) is 17.5. The fourth-order valence-corrected chi connectivity index (χ4v) is 5.57. The van der Waals surface area contributed by atoms with Crippen LogP contribution in [0, 0.1) is 5.92 Å². The van der Waals surface area contributed by atoms with E-state index in [1.807, 2.05) is 0 Å². The van der Waals surface area contributed by atoms with Gasteiger partial charge in [0.2, 0.25) is 11.9 Å². The Morgan fingerprint density at radius 3 is 2.43 bits per heavy atom. The van der Waals surface area contributed by atoms with Gasteiger partial charge in [-0.1, -0.05) is 37.9 Å². The van der Waals surface area contributed by atoms with Crippen LogP contribution in [0.2, 0.25) is 0 Å². The van der Waals surface area contributed by atoms with E-state index in [4.69, 9.17) is 0 Å². The lowest BCUT2D eigenvalue weighted by atomic mass is 9.94. The van der Waals surface area contributed by atoms with Crippen LogP contribution in [0.1, 0.15) is 77.7 Å². The van der Waals surface area contributed by atoms with Gasteiger partial charge < -0.3 is 9.80 Å². The van der Waals surface area contributed by atoms with Gasteiger partial charge in [-0.25, -0.2) is 0 Å². The van der Waals surface area contributed by atoms with E-state index in [0.717, 1.165) is 36.7 Å². The number of piperidine rings is 1. The van der Waals surface area contributed by atoms with Gasteiger partial charge in [0.05, 0.1) is 5.75 Å². The Morgan fingerprint density at radius 1 is 1.07 bits per heavy atom. The number of hydrogen-bond acceptors (Lipinski definition) is 5. The molecule has 3 aliphatic rings. The van der Waals surface area contributed by atoms with E-state index in [1.54, 1.807) is 11.8 Å². The summed E-state index contributed by atoms with van der Waals surface area (Å²) >= 11 is 1.59. The summed E-state index contributed by atoms with van der Waals surface area (Å²) in [6, 6.07) is 0.974. The third-order valence-electron chi connectivity index (χ3n) is 6.63. The maximum atomic E-state index is 12.9. The lowest BCUT2D eigenvalue weighted by Crippen LogP contribution is -2.42. The molecule has 0 atom stereocenters. The molecule has 0 radical (unpaired) electrons. The molecule has 1 aromatic rings. The van der Waals surface area contributed by atoms with E-state index in [9.17, 15) is 4.79 Å². The molecule has 1 aromatic heterocycles. The summed E-state index contributed by atoms with van der Waals surface area (Å²) in [6.45, 7) is 7.40. The highest BCUT2D eigenvalue weighted by atomic mass is 32.2. The quantitative estimate of drug-likeness (QED) is 0.639. The maximum absolute atomic E-state index is 12.9. The molecular weight excluding hydrogens is 370 g/mol. The third-order valence-corrected chi connectivity index (χ3v) is 7.55. The standard InChI is InChI=1S/C21H35N5OS/c1-3-25(17-7-5-4-6-8-17)19(27)15-28-21-23-22-20(26(21)18-9-10-18)24-13-11-16(2)12-14-24/h16-18H,3-15H2,1-2H3. The van der Waals surface area contributed by atoms with Crippen LogP contribution in [0.5, 0.6) is 0 Å². The largest absolute Gasteiger partial charge is 0.341 e. The minimum Gasteiger partial charge on any atom is -0.341 e. The summed E-state index contributed by atoms with van der Waals surface area (Å²) in [5.41, 5.74) is 0. The van der Waals surface area contributed by atoms with Crippen molar-refractivity contribution in [3.63, 3.8) is 0 Å². The van der Waals surface area contributed by atoms with Crippen LogP contribution in [0.3, 0.4) is 0 Å². The van der Waals surface area contributed by atoms with Crippen LogP contribution in [0.4, 0.5) is 5.95 Å². The van der Waals surface area contributed by atoms with Crippen LogP contribution in [0.25, 0.3) is 0 Å². The highest BCUT2D eigenvalue weighted by molar-refractivity contribution is 7.99. The van der Waals surface area contributed by atoms with Gasteiger partial charge in [0.1, 0.15) is 0 Å². The smallest absolute Gasteiger partial charge is 0.233 e. The van der Waals surface area contributed by atoms with E-state index in [1.165, 1.54) is 57.8 Å². The zero-order valence-corrected chi connectivity index (χ0v) is 18.3. The number of carbonyl (C=O) groups is 1. The second kappa shape index (κ2) is 9.06. The first-order valence-electron chi connectivity index (χ1n) is 11.3. The van der Waals surface area contributed by atoms with Crippen molar-refractivity contribution in [2.24, 2.45) is 5.92 Å². The highest BCUT2D eigenvalue weighted by Gasteiger charge is 2.33. The Bertz CT molecular complexity index is 660. The molecule has 28 heavy (non-hydrogen) atoms. The summed E-state index contributed by atoms with van der Waals surface area (Å²) < 4.78 is 2.32. The number of carbonyl (C=O) groups excluding carboxylic acids is 1. The summed E-state index contributed by atoms with van der Waals surface area (Å²) in [6.07, 6.45) is 11.0. The van der Waals surface area contributed by atoms with Crippen molar-refractivity contribution in [2.45, 2.75) is 88.9 Å². The Balaban J connectivity index is 1.41. The monoisotopic (exact) mass is 405 g/mol. The predicted octanol–water partition coefficient (Wildman–Crippen LogP) is 4.12. The average Bonchev–Trinajstić information content (AvgIpc) is 3.47. The summed E-state index contributed by atoms with van der Waals surface area (Å²) in [4.78, 5) is 17.4. The summed E-state index contributed by atoms with van der Waals surface area (Å²) in [7, 11) is 0. The predicted molar refractivity (Wildman–Crippen MR) is 114 cm³/mol. The molecule has 0 N–H and O–H groups in total. The van der Waals surface area contributed by atoms with Crippen molar-refractivity contribution in [3.05, 3.63) is 0 Å². The fraction of sp³-hybridized carbons (Fsp3) is 0.857. The van der Waals surface area contributed by atoms with Gasteiger partial charge in [0.25, 0.3) is 0 Å². The van der Waals surface area contributed by atoms with Gasteiger partial charge in [0.15, 0.2) is 5.16 Å². The minimum atomic E-state index is 0.262. The molecular formula is C21H35N5OS. The van der Waals surface area contributed by atoms with Crippen molar-refractivity contribution >= 4 is 23.6 Å². The van der Waals surface area contributed by atoms with E-state index in [2.05, 4.69) is 38.4 Å². The van der Waals surface area contributed by atoms with Crippen LogP contribution in [-0.4, -0.2) is 57.0 Å². The van der Waals surface area contributed by atoms with Crippen LogP contribution in [0.15, 0.2) is 5.16 Å². The lowest BCUT2D eigenvalue weighted by molar-refractivity contribution is -0.131. The Morgan fingerprint density at radius 2 is 1.79 bits per heavy atom. The molecule has 2 heterocycles. The molecule has 7 heteroatoms. The fourth-order valence-electron chi connectivity index (χ4n) is 4.68. The number of anilines is 1. The van der Waals surface area contributed by atoms with Gasteiger partial charge >= 0.3 is 0 Å². The highest BCUT2D eigenvalue weighted by Crippen LogP contribution is 2.41. The number of rotatable bonds is 7. The molecule has 1 aliphatic heterocycles. The van der Waals surface area contributed by atoms with Gasteiger partial charge in [0, 0.05) is 31.7 Å². The number of amides is 1. The molecule has 2 saturated carbocycles. The molecule has 1 saturated heterocycles. The van der Waals surface area contributed by atoms with Crippen molar-refractivity contribution in [1.82, 2.24) is 19.7 Å². The molecule has 1 amide bonds. The molecule has 0 unspecified atom stereocenters. The van der Waals surface area contributed by atoms with Crippen LogP contribution < -0.4 is 4.90 Å². The van der Waals surface area contributed by atoms with Gasteiger partial charge in [-0.2, -0.15) is 0 Å². The van der Waals surface area contributed by atoms with Crippen molar-refractivity contribution in [3.8, 4) is 0 Å². The van der Waals surface area contributed by atoms with E-state index < -0.39 is 0 Å². The third kappa shape index (κ3) is 4.50. The van der Waals surface area contributed by atoms with Gasteiger partial charge in [-0.15, -0.1) is 10.2 Å². The second-order valence-corrected chi connectivity index (χ2v) is 9.76. The Hall–Kier alpha value is -1.24. The molecule has 3 fully saturated rings. The molecule has 156 valence electrons. The normalized spacial score (nSPS) is 21.9. The lowest BCUT2D eigenvalue weighted by Gasteiger charge is -2.33. The van der Waals surface area contributed by atoms with E-state index >= 15 is 0 Å². The first kappa shape index (κ1) is 20.0. The average molecular weight is 406 g/mol. The Kier molecular flexibility index (Phi) is 6.48. The SMILES string of the molecule is CCN(C(=O)CSc1nnc(N2CCC(C)CC2)n1C1CC1)C1CCCCC1. The zero-order chi connectivity index (χ0) is 19.5. The number of hydrogen-bond donors (Lipinski definition) is 0. The molecule has 2 aliphatic carbocycles. The molecule has 6 nitrogen and oxygen atoms in total. The van der Waals surface area contributed by atoms with Gasteiger partial charge in [-0.3, -0.25) is 9.36 Å². The molecule has 0 bridgehead atoms. The first-order chi connectivity index (χ1) is 13.7. The van der Waals surface area contributed by atoms with Crippen molar-refractivity contribution < 1.29 is 4.79 Å². The molecule has 0 spiro atoms. The van der Waals surface area contributed by atoms with Crippen molar-refractivity contribution in [1.29, 1.82) is 0 Å². The molecule has 0 aromatic carbocycles. The van der Waals surface area contributed by atoms with Crippen LogP contribution in [-0.2, 0) is 4.79 Å². The van der Waals surface area contributed by atoms with E-state index in [-0.39, 0.29) is 5.91 Å². The number of thioether (sulfide) groups is 1. The van der Waals surface area contributed by atoms with Crippen LogP contribution >= 0.6 is 11.8 Å². The topological polar surface area (TPSA) is 54.3 Å². The Labute approximate surface area is 173 Å². The maximum Gasteiger partial charge on any atom is 0.233 e. The summed E-state index contributed by atoms with van der Waals surface area (Å²) in [5.74, 6) is 2.58. The van der Waals surface area contributed by atoms with Crippen molar-refractivity contribution in [2.75, 3.05) is 30.3 Å². The first-order valence-corrected chi connectivity index (χ1v) is 12.3. The number of aromatic nitrogens is 3. The number of nitrogens with zero attached hydrogens (tertiary/aromatic N) is 5.